The minimum atomic E-state index is -0.158. The average molecular weight is 301 g/mol. The van der Waals surface area contributed by atoms with E-state index in [1.165, 1.54) is 19.3 Å². The summed E-state index contributed by atoms with van der Waals surface area (Å²) < 4.78 is 1.83. The molecule has 0 spiro atoms. The lowest BCUT2D eigenvalue weighted by molar-refractivity contribution is -0.133. The Morgan fingerprint density at radius 2 is 2.05 bits per heavy atom. The number of hydrogen-bond donors (Lipinski definition) is 1. The fourth-order valence-corrected chi connectivity index (χ4v) is 3.34. The van der Waals surface area contributed by atoms with E-state index in [-0.39, 0.29) is 19.1 Å². The van der Waals surface area contributed by atoms with E-state index in [4.69, 9.17) is 0 Å². The van der Waals surface area contributed by atoms with Crippen molar-refractivity contribution in [1.82, 2.24) is 14.5 Å². The second-order valence-corrected chi connectivity index (χ2v) is 6.06. The van der Waals surface area contributed by atoms with Crippen molar-refractivity contribution in [3.8, 4) is 0 Å². The van der Waals surface area contributed by atoms with Gasteiger partial charge in [-0.1, -0.05) is 31.4 Å². The number of nitrogens with zero attached hydrogens (tertiary/aromatic N) is 3. The molecular weight excluding hydrogens is 278 g/mol. The first-order chi connectivity index (χ1) is 10.7. The van der Waals surface area contributed by atoms with Gasteiger partial charge in [-0.15, -0.1) is 0 Å². The van der Waals surface area contributed by atoms with Gasteiger partial charge in [0.15, 0.2) is 0 Å². The summed E-state index contributed by atoms with van der Waals surface area (Å²) in [5.41, 5.74) is 1.72. The molecule has 0 atom stereocenters. The standard InChI is InChI=1S/C17H23N3O2/c1-19(13-7-3-2-4-8-13)17(22)11-20-15-10-6-5-9-14(15)18-16(20)12-21/h5-6,9-10,13,21H,2-4,7-8,11-12H2,1H3. The highest BCUT2D eigenvalue weighted by Gasteiger charge is 2.23. The first kappa shape index (κ1) is 15.0. The first-order valence-electron chi connectivity index (χ1n) is 8.01. The smallest absolute Gasteiger partial charge is 0.242 e. The summed E-state index contributed by atoms with van der Waals surface area (Å²) in [6.07, 6.45) is 5.88. The van der Waals surface area contributed by atoms with Crippen LogP contribution in [-0.4, -0.2) is 38.6 Å². The lowest BCUT2D eigenvalue weighted by Gasteiger charge is -2.31. The molecule has 1 aromatic heterocycles. The van der Waals surface area contributed by atoms with Crippen molar-refractivity contribution < 1.29 is 9.90 Å². The maximum absolute atomic E-state index is 12.6. The number of aliphatic hydroxyl groups is 1. The van der Waals surface area contributed by atoms with Gasteiger partial charge in [0.2, 0.25) is 5.91 Å². The van der Waals surface area contributed by atoms with Crippen LogP contribution in [0, 0.1) is 0 Å². The molecule has 3 rings (SSSR count). The molecule has 1 aliphatic rings. The molecule has 22 heavy (non-hydrogen) atoms. The van der Waals surface area contributed by atoms with Crippen LogP contribution in [0.1, 0.15) is 37.9 Å². The highest BCUT2D eigenvalue weighted by molar-refractivity contribution is 5.81. The number of carbonyl (C=O) groups is 1. The van der Waals surface area contributed by atoms with E-state index < -0.39 is 0 Å². The minimum absolute atomic E-state index is 0.0877. The summed E-state index contributed by atoms with van der Waals surface area (Å²) in [4.78, 5) is 18.9. The number of imidazole rings is 1. The van der Waals surface area contributed by atoms with Crippen molar-refractivity contribution in [1.29, 1.82) is 0 Å². The maximum atomic E-state index is 12.6. The number of aromatic nitrogens is 2. The van der Waals surface area contributed by atoms with E-state index in [0.29, 0.717) is 11.9 Å². The molecule has 5 heteroatoms. The third-order valence-corrected chi connectivity index (χ3v) is 4.68. The third kappa shape index (κ3) is 2.86. The molecule has 2 aromatic rings. The largest absolute Gasteiger partial charge is 0.388 e. The normalized spacial score (nSPS) is 16.1. The van der Waals surface area contributed by atoms with Crippen molar-refractivity contribution in [3.63, 3.8) is 0 Å². The van der Waals surface area contributed by atoms with Crippen LogP contribution in [0.5, 0.6) is 0 Å². The lowest BCUT2D eigenvalue weighted by atomic mass is 9.94. The fourth-order valence-electron chi connectivity index (χ4n) is 3.34. The number of rotatable bonds is 4. The molecule has 1 heterocycles. The predicted molar refractivity (Wildman–Crippen MR) is 85.3 cm³/mol. The molecule has 118 valence electrons. The van der Waals surface area contributed by atoms with Crippen molar-refractivity contribution in [2.45, 2.75) is 51.3 Å². The van der Waals surface area contributed by atoms with Gasteiger partial charge in [0, 0.05) is 13.1 Å². The number of benzene rings is 1. The van der Waals surface area contributed by atoms with E-state index in [2.05, 4.69) is 4.98 Å². The van der Waals surface area contributed by atoms with E-state index in [1.54, 1.807) is 0 Å². The number of aliphatic hydroxyl groups excluding tert-OH is 1. The van der Waals surface area contributed by atoms with Crippen LogP contribution in [0.3, 0.4) is 0 Å². The molecule has 0 radical (unpaired) electrons. The van der Waals surface area contributed by atoms with Crippen molar-refractivity contribution in [3.05, 3.63) is 30.1 Å². The van der Waals surface area contributed by atoms with Crippen molar-refractivity contribution >= 4 is 16.9 Å². The molecule has 1 saturated carbocycles. The Balaban J connectivity index is 1.81. The van der Waals surface area contributed by atoms with Crippen LogP contribution in [0.25, 0.3) is 11.0 Å². The van der Waals surface area contributed by atoms with Crippen LogP contribution in [0.15, 0.2) is 24.3 Å². The van der Waals surface area contributed by atoms with Gasteiger partial charge in [0.25, 0.3) is 0 Å². The number of hydrogen-bond acceptors (Lipinski definition) is 3. The molecule has 0 bridgehead atoms. The topological polar surface area (TPSA) is 58.4 Å². The van der Waals surface area contributed by atoms with Crippen molar-refractivity contribution in [2.75, 3.05) is 7.05 Å². The van der Waals surface area contributed by atoms with E-state index in [0.717, 1.165) is 23.9 Å². The zero-order valence-electron chi connectivity index (χ0n) is 13.0. The quantitative estimate of drug-likeness (QED) is 0.943. The molecule has 1 N–H and O–H groups in total. The summed E-state index contributed by atoms with van der Waals surface area (Å²) in [5, 5.41) is 9.51. The van der Waals surface area contributed by atoms with Gasteiger partial charge in [0.05, 0.1) is 11.0 Å². The molecular formula is C17H23N3O2. The van der Waals surface area contributed by atoms with Crippen LogP contribution >= 0.6 is 0 Å². The van der Waals surface area contributed by atoms with Gasteiger partial charge < -0.3 is 14.6 Å². The minimum Gasteiger partial charge on any atom is -0.388 e. The van der Waals surface area contributed by atoms with Crippen LogP contribution < -0.4 is 0 Å². The van der Waals surface area contributed by atoms with E-state index >= 15 is 0 Å². The van der Waals surface area contributed by atoms with Crippen LogP contribution in [0.2, 0.25) is 0 Å². The molecule has 1 fully saturated rings. The molecule has 0 saturated heterocycles. The van der Waals surface area contributed by atoms with Crippen LogP contribution in [-0.2, 0) is 17.9 Å². The Morgan fingerprint density at radius 1 is 1.32 bits per heavy atom. The average Bonchev–Trinajstić information content (AvgIpc) is 2.93. The predicted octanol–water partition coefficient (Wildman–Crippen LogP) is 2.32. The van der Waals surface area contributed by atoms with Gasteiger partial charge in [0.1, 0.15) is 19.0 Å². The second-order valence-electron chi connectivity index (χ2n) is 6.06. The van der Waals surface area contributed by atoms with Gasteiger partial charge in [-0.05, 0) is 25.0 Å². The summed E-state index contributed by atoms with van der Waals surface area (Å²) in [6, 6.07) is 8.04. The van der Waals surface area contributed by atoms with Crippen LogP contribution in [0.4, 0.5) is 0 Å². The highest BCUT2D eigenvalue weighted by atomic mass is 16.3. The zero-order chi connectivity index (χ0) is 15.5. The second kappa shape index (κ2) is 6.48. The maximum Gasteiger partial charge on any atom is 0.242 e. The fraction of sp³-hybridized carbons (Fsp3) is 0.529. The third-order valence-electron chi connectivity index (χ3n) is 4.68. The number of carbonyl (C=O) groups excluding carboxylic acids is 1. The van der Waals surface area contributed by atoms with Gasteiger partial charge in [-0.25, -0.2) is 4.98 Å². The zero-order valence-corrected chi connectivity index (χ0v) is 13.0. The van der Waals surface area contributed by atoms with Gasteiger partial charge in [-0.3, -0.25) is 4.79 Å². The Labute approximate surface area is 130 Å². The number of para-hydroxylation sites is 2. The summed E-state index contributed by atoms with van der Waals surface area (Å²) in [7, 11) is 1.90. The summed E-state index contributed by atoms with van der Waals surface area (Å²) >= 11 is 0. The highest BCUT2D eigenvalue weighted by Crippen LogP contribution is 2.22. The molecule has 0 unspecified atom stereocenters. The lowest BCUT2D eigenvalue weighted by Crippen LogP contribution is -2.40. The number of likely N-dealkylation sites (N-methyl/N-ethyl adjacent to an activating group) is 1. The number of amides is 1. The molecule has 1 aliphatic carbocycles. The molecule has 1 amide bonds. The molecule has 5 nitrogen and oxygen atoms in total. The Hall–Kier alpha value is -1.88. The SMILES string of the molecule is CN(C(=O)Cn1c(CO)nc2ccccc21)C1CCCCC1. The van der Waals surface area contributed by atoms with Gasteiger partial charge in [-0.2, -0.15) is 0 Å². The Bertz CT molecular complexity index is 659. The van der Waals surface area contributed by atoms with E-state index in [9.17, 15) is 9.90 Å². The van der Waals surface area contributed by atoms with Gasteiger partial charge >= 0.3 is 0 Å². The molecule has 1 aromatic carbocycles. The summed E-state index contributed by atoms with van der Waals surface area (Å²) in [5.74, 6) is 0.636. The monoisotopic (exact) mass is 301 g/mol. The number of fused-ring (bicyclic) bond motifs is 1. The first-order valence-corrected chi connectivity index (χ1v) is 8.01. The molecule has 0 aliphatic heterocycles. The van der Waals surface area contributed by atoms with E-state index in [1.807, 2.05) is 40.8 Å². The van der Waals surface area contributed by atoms with Crippen molar-refractivity contribution in [2.24, 2.45) is 0 Å². The Kier molecular flexibility index (Phi) is 4.43. The summed E-state index contributed by atoms with van der Waals surface area (Å²) in [6.45, 7) is 0.0819. The Morgan fingerprint density at radius 3 is 2.77 bits per heavy atom.